The molecule has 0 N–H and O–H groups in total. The summed E-state index contributed by atoms with van der Waals surface area (Å²) in [5.74, 6) is 2.61. The van der Waals surface area contributed by atoms with Crippen LogP contribution >= 0.6 is 11.6 Å². The van der Waals surface area contributed by atoms with Crippen LogP contribution in [0.5, 0.6) is 5.75 Å². The van der Waals surface area contributed by atoms with Gasteiger partial charge in [0.2, 0.25) is 0 Å². The minimum absolute atomic E-state index is 0.0919. The average molecular weight is 337 g/mol. The van der Waals surface area contributed by atoms with Gasteiger partial charge in [0.05, 0.1) is 7.11 Å². The molecule has 0 aliphatic heterocycles. The lowest BCUT2D eigenvalue weighted by Gasteiger charge is -2.34. The van der Waals surface area contributed by atoms with Gasteiger partial charge in [0.25, 0.3) is 0 Å². The fourth-order valence-corrected chi connectivity index (χ4v) is 4.46. The second-order valence-electron chi connectivity index (χ2n) is 7.23. The van der Waals surface area contributed by atoms with Crippen LogP contribution in [0, 0.1) is 23.6 Å². The lowest BCUT2D eigenvalue weighted by Crippen LogP contribution is -2.22. The van der Waals surface area contributed by atoms with E-state index in [-0.39, 0.29) is 10.8 Å². The average Bonchev–Trinajstić information content (AvgIpc) is 2.58. The van der Waals surface area contributed by atoms with Crippen LogP contribution in [0.2, 0.25) is 5.02 Å². The predicted octanol–water partition coefficient (Wildman–Crippen LogP) is 6.50. The van der Waals surface area contributed by atoms with Crippen molar-refractivity contribution in [3.05, 3.63) is 34.6 Å². The van der Waals surface area contributed by atoms with Gasteiger partial charge in [0.1, 0.15) is 10.8 Å². The number of halogens is 2. The van der Waals surface area contributed by atoms with Crippen molar-refractivity contribution in [2.45, 2.75) is 51.9 Å². The van der Waals surface area contributed by atoms with Gasteiger partial charge in [0, 0.05) is 5.56 Å². The van der Waals surface area contributed by atoms with Gasteiger partial charge < -0.3 is 4.74 Å². The van der Waals surface area contributed by atoms with E-state index in [0.29, 0.717) is 11.3 Å². The molecule has 1 aromatic rings. The molecule has 1 fully saturated rings. The van der Waals surface area contributed by atoms with Gasteiger partial charge in [0.15, 0.2) is 5.82 Å². The summed E-state index contributed by atoms with van der Waals surface area (Å²) in [6.07, 6.45) is 10.9. The van der Waals surface area contributed by atoms with Gasteiger partial charge in [-0.2, -0.15) is 0 Å². The highest BCUT2D eigenvalue weighted by atomic mass is 35.5. The lowest BCUT2D eigenvalue weighted by atomic mass is 9.71. The van der Waals surface area contributed by atoms with Crippen molar-refractivity contribution in [1.29, 1.82) is 0 Å². The normalized spacial score (nSPS) is 28.3. The molecular formula is C20H26ClFO. The minimum Gasteiger partial charge on any atom is -0.495 e. The molecule has 1 saturated carbocycles. The fourth-order valence-electron chi connectivity index (χ4n) is 4.22. The summed E-state index contributed by atoms with van der Waals surface area (Å²) in [6.45, 7) is 2.37. The van der Waals surface area contributed by atoms with Crippen molar-refractivity contribution in [3.8, 4) is 5.75 Å². The molecule has 2 aliphatic carbocycles. The monoisotopic (exact) mass is 336 g/mol. The van der Waals surface area contributed by atoms with Crippen LogP contribution in [0.4, 0.5) is 4.39 Å². The number of ether oxygens (including phenoxy) is 1. The summed E-state index contributed by atoms with van der Waals surface area (Å²) in [5, 5.41) is 0.0919. The number of hydrogen-bond donors (Lipinski definition) is 0. The molecule has 0 spiro atoms. The first-order valence-corrected chi connectivity index (χ1v) is 9.19. The van der Waals surface area contributed by atoms with Crippen LogP contribution in [-0.2, 0) is 0 Å². The first-order valence-electron chi connectivity index (χ1n) is 8.81. The van der Waals surface area contributed by atoms with Crippen molar-refractivity contribution in [2.24, 2.45) is 17.8 Å². The van der Waals surface area contributed by atoms with E-state index in [9.17, 15) is 4.39 Å². The lowest BCUT2D eigenvalue weighted by molar-refractivity contribution is 0.202. The Bertz CT molecular complexity index is 588. The zero-order valence-electron chi connectivity index (χ0n) is 14.1. The maximum atomic E-state index is 14.5. The number of hydrogen-bond acceptors (Lipinski definition) is 1. The molecule has 1 atom stereocenters. The van der Waals surface area contributed by atoms with Crippen LogP contribution in [-0.4, -0.2) is 7.11 Å². The van der Waals surface area contributed by atoms with Gasteiger partial charge >= 0.3 is 0 Å². The van der Waals surface area contributed by atoms with Gasteiger partial charge in [-0.1, -0.05) is 37.4 Å². The van der Waals surface area contributed by atoms with E-state index in [4.69, 9.17) is 16.3 Å². The molecule has 1 unspecified atom stereocenters. The quantitative estimate of drug-likeness (QED) is 0.612. The summed E-state index contributed by atoms with van der Waals surface area (Å²) in [5.41, 5.74) is 1.75. The Labute approximate surface area is 143 Å². The van der Waals surface area contributed by atoms with E-state index in [1.807, 2.05) is 0 Å². The van der Waals surface area contributed by atoms with Gasteiger partial charge in [-0.05, 0) is 67.6 Å². The number of methoxy groups -OCH3 is 1. The number of benzene rings is 1. The molecule has 1 nitrogen and oxygen atoms in total. The first kappa shape index (κ1) is 16.8. The maximum absolute atomic E-state index is 14.5. The zero-order chi connectivity index (χ0) is 16.4. The molecule has 3 rings (SSSR count). The summed E-state index contributed by atoms with van der Waals surface area (Å²) < 4.78 is 19.6. The van der Waals surface area contributed by atoms with Gasteiger partial charge in [-0.15, -0.1) is 0 Å². The van der Waals surface area contributed by atoms with Crippen LogP contribution in [0.25, 0.3) is 5.57 Å². The Kier molecular flexibility index (Phi) is 5.31. The Morgan fingerprint density at radius 3 is 2.43 bits per heavy atom. The van der Waals surface area contributed by atoms with Crippen molar-refractivity contribution < 1.29 is 9.13 Å². The minimum atomic E-state index is -0.345. The third-order valence-corrected chi connectivity index (χ3v) is 6.14. The molecule has 0 radical (unpaired) electrons. The Balaban J connectivity index is 1.71. The smallest absolute Gasteiger partial charge is 0.153 e. The Morgan fingerprint density at radius 2 is 1.83 bits per heavy atom. The third-order valence-electron chi connectivity index (χ3n) is 5.79. The van der Waals surface area contributed by atoms with E-state index in [2.05, 4.69) is 13.0 Å². The summed E-state index contributed by atoms with van der Waals surface area (Å²) >= 11 is 6.05. The van der Waals surface area contributed by atoms with Crippen molar-refractivity contribution in [3.63, 3.8) is 0 Å². The molecule has 3 heteroatoms. The van der Waals surface area contributed by atoms with E-state index < -0.39 is 0 Å². The van der Waals surface area contributed by atoms with Crippen molar-refractivity contribution in [1.82, 2.24) is 0 Å². The molecule has 0 saturated heterocycles. The Morgan fingerprint density at radius 1 is 1.09 bits per heavy atom. The topological polar surface area (TPSA) is 9.23 Å². The van der Waals surface area contributed by atoms with Crippen LogP contribution in [0.15, 0.2) is 18.2 Å². The molecule has 0 aromatic heterocycles. The molecule has 23 heavy (non-hydrogen) atoms. The molecule has 0 amide bonds. The van der Waals surface area contributed by atoms with Crippen molar-refractivity contribution >= 4 is 17.2 Å². The van der Waals surface area contributed by atoms with Crippen LogP contribution in [0.3, 0.4) is 0 Å². The van der Waals surface area contributed by atoms with Gasteiger partial charge in [-0.25, -0.2) is 4.39 Å². The van der Waals surface area contributed by atoms with E-state index in [0.717, 1.165) is 36.2 Å². The molecule has 0 bridgehead atoms. The zero-order valence-corrected chi connectivity index (χ0v) is 14.8. The molecule has 2 aliphatic rings. The molecule has 1 aromatic carbocycles. The second-order valence-corrected chi connectivity index (χ2v) is 7.61. The number of allylic oxidation sites excluding steroid dienone is 2. The summed E-state index contributed by atoms with van der Waals surface area (Å²) in [7, 11) is 1.51. The fraction of sp³-hybridized carbons (Fsp3) is 0.600. The second kappa shape index (κ2) is 7.25. The standard InChI is InChI=1S/C20H26ClFO/c1-13-3-5-14(6-4-13)15-7-9-16(10-8-15)17-11-12-18(23-2)19(21)20(17)22/h9,11-15H,3-8,10H2,1-2H3. The van der Waals surface area contributed by atoms with Crippen LogP contribution in [0.1, 0.15) is 57.4 Å². The van der Waals surface area contributed by atoms with Crippen molar-refractivity contribution in [2.75, 3.05) is 7.11 Å². The highest BCUT2D eigenvalue weighted by molar-refractivity contribution is 6.32. The SMILES string of the molecule is COc1ccc(C2=CCC(C3CCC(C)CC3)CC2)c(F)c1Cl. The van der Waals surface area contributed by atoms with E-state index >= 15 is 0 Å². The van der Waals surface area contributed by atoms with E-state index in [1.54, 1.807) is 12.1 Å². The maximum Gasteiger partial charge on any atom is 0.153 e. The predicted molar refractivity (Wildman–Crippen MR) is 94.4 cm³/mol. The highest BCUT2D eigenvalue weighted by Crippen LogP contribution is 2.42. The van der Waals surface area contributed by atoms with E-state index in [1.165, 1.54) is 39.2 Å². The largest absolute Gasteiger partial charge is 0.495 e. The Hall–Kier alpha value is -1.02. The summed E-state index contributed by atoms with van der Waals surface area (Å²) in [4.78, 5) is 0. The first-order chi connectivity index (χ1) is 11.1. The number of rotatable bonds is 3. The van der Waals surface area contributed by atoms with Gasteiger partial charge in [-0.3, -0.25) is 0 Å². The highest BCUT2D eigenvalue weighted by Gasteiger charge is 2.28. The summed E-state index contributed by atoms with van der Waals surface area (Å²) in [6, 6.07) is 3.56. The third kappa shape index (κ3) is 3.57. The molecule has 126 valence electrons. The molecular weight excluding hydrogens is 311 g/mol. The molecule has 0 heterocycles. The van der Waals surface area contributed by atoms with Crippen LogP contribution < -0.4 is 4.74 Å².